The summed E-state index contributed by atoms with van der Waals surface area (Å²) in [5.74, 6) is -0.304. The summed E-state index contributed by atoms with van der Waals surface area (Å²) < 4.78 is 37.1. The molecule has 2 rings (SSSR count). The van der Waals surface area contributed by atoms with E-state index in [1.54, 1.807) is 49.4 Å². The van der Waals surface area contributed by atoms with Gasteiger partial charge in [0.2, 0.25) is 5.91 Å². The van der Waals surface area contributed by atoms with Crippen LogP contribution >= 0.6 is 23.4 Å². The summed E-state index contributed by atoms with van der Waals surface area (Å²) in [5.41, 5.74) is 0.525. The van der Waals surface area contributed by atoms with Gasteiger partial charge in [0.25, 0.3) is 0 Å². The number of benzene rings is 2. The molecule has 0 spiro atoms. The van der Waals surface area contributed by atoms with Crippen LogP contribution in [-0.2, 0) is 4.79 Å². The van der Waals surface area contributed by atoms with E-state index in [2.05, 4.69) is 10.6 Å². The molecule has 0 saturated carbocycles. The minimum Gasteiger partial charge on any atom is -0.375 e. The van der Waals surface area contributed by atoms with Gasteiger partial charge in [-0.25, -0.2) is 0 Å². The van der Waals surface area contributed by atoms with E-state index < -0.39 is 18.0 Å². The third-order valence-electron chi connectivity index (χ3n) is 3.16. The Kier molecular flexibility index (Phi) is 6.61. The number of rotatable bonds is 6. The molecule has 2 N–H and O–H groups in total. The maximum Gasteiger partial charge on any atom is 0.405 e. The zero-order chi connectivity index (χ0) is 18.4. The van der Waals surface area contributed by atoms with Crippen LogP contribution in [0.1, 0.15) is 6.92 Å². The fraction of sp³-hybridized carbons (Fsp3) is 0.235. The molecular formula is C17H16ClF3N2OS. The predicted molar refractivity (Wildman–Crippen MR) is 96.4 cm³/mol. The molecule has 2 aromatic rings. The minimum absolute atomic E-state index is 0.219. The van der Waals surface area contributed by atoms with Crippen molar-refractivity contribution in [3.8, 4) is 0 Å². The summed E-state index contributed by atoms with van der Waals surface area (Å²) in [6, 6.07) is 13.3. The lowest BCUT2D eigenvalue weighted by molar-refractivity contribution is -0.115. The Labute approximate surface area is 152 Å². The first-order valence-electron chi connectivity index (χ1n) is 7.37. The van der Waals surface area contributed by atoms with Crippen molar-refractivity contribution < 1.29 is 18.0 Å². The van der Waals surface area contributed by atoms with Crippen LogP contribution < -0.4 is 10.6 Å². The zero-order valence-electron chi connectivity index (χ0n) is 13.2. The molecule has 2 aromatic carbocycles. The second-order valence-electron chi connectivity index (χ2n) is 5.22. The summed E-state index contributed by atoms with van der Waals surface area (Å²) in [6.07, 6.45) is -4.34. The van der Waals surface area contributed by atoms with Gasteiger partial charge in [-0.3, -0.25) is 4.79 Å². The van der Waals surface area contributed by atoms with E-state index in [1.165, 1.54) is 17.8 Å². The van der Waals surface area contributed by atoms with E-state index in [0.717, 1.165) is 4.90 Å². The van der Waals surface area contributed by atoms with Crippen molar-refractivity contribution in [2.24, 2.45) is 0 Å². The highest BCUT2D eigenvalue weighted by Crippen LogP contribution is 2.28. The normalized spacial score (nSPS) is 12.5. The van der Waals surface area contributed by atoms with Crippen LogP contribution in [0.2, 0.25) is 5.02 Å². The number of carbonyl (C=O) groups is 1. The van der Waals surface area contributed by atoms with Crippen LogP contribution in [0.3, 0.4) is 0 Å². The van der Waals surface area contributed by atoms with Crippen molar-refractivity contribution in [3.63, 3.8) is 0 Å². The van der Waals surface area contributed by atoms with Gasteiger partial charge in [-0.2, -0.15) is 13.2 Å². The Morgan fingerprint density at radius 2 is 1.72 bits per heavy atom. The maximum absolute atomic E-state index is 12.4. The fourth-order valence-corrected chi connectivity index (χ4v) is 2.94. The molecule has 0 aliphatic heterocycles. The monoisotopic (exact) mass is 388 g/mol. The fourth-order valence-electron chi connectivity index (χ4n) is 1.95. The number of alkyl halides is 3. The molecule has 0 heterocycles. The van der Waals surface area contributed by atoms with Gasteiger partial charge < -0.3 is 10.6 Å². The summed E-state index contributed by atoms with van der Waals surface area (Å²) in [4.78, 5) is 13.2. The molecule has 0 aliphatic carbocycles. The summed E-state index contributed by atoms with van der Waals surface area (Å²) >= 11 is 7.15. The molecule has 25 heavy (non-hydrogen) atoms. The van der Waals surface area contributed by atoms with Crippen LogP contribution in [0.4, 0.5) is 24.5 Å². The standard InChI is InChI=1S/C17H16ClF3N2OS/c1-11(25-13-8-6-12(18)7-9-13)16(24)23-15-5-3-2-4-14(15)22-10-17(19,20)21/h2-9,11,22H,10H2,1H3,(H,23,24). The lowest BCUT2D eigenvalue weighted by Gasteiger charge is -2.16. The SMILES string of the molecule is CC(Sc1ccc(Cl)cc1)C(=O)Nc1ccccc1NCC(F)(F)F. The van der Waals surface area contributed by atoms with Gasteiger partial charge in [0.15, 0.2) is 0 Å². The zero-order valence-corrected chi connectivity index (χ0v) is 14.8. The Hall–Kier alpha value is -1.86. The molecule has 0 bridgehead atoms. The minimum atomic E-state index is -4.34. The molecule has 1 unspecified atom stereocenters. The van der Waals surface area contributed by atoms with Gasteiger partial charge in [0, 0.05) is 9.92 Å². The lowest BCUT2D eigenvalue weighted by atomic mass is 10.2. The third-order valence-corrected chi connectivity index (χ3v) is 4.52. The number of amides is 1. The Morgan fingerprint density at radius 1 is 1.12 bits per heavy atom. The molecular weight excluding hydrogens is 373 g/mol. The Bertz CT molecular complexity index is 723. The van der Waals surface area contributed by atoms with Crippen molar-refractivity contribution in [2.45, 2.75) is 23.2 Å². The number of nitrogens with one attached hydrogen (secondary N) is 2. The smallest absolute Gasteiger partial charge is 0.375 e. The first kappa shape index (κ1) is 19.5. The molecule has 134 valence electrons. The van der Waals surface area contributed by atoms with E-state index in [4.69, 9.17) is 11.6 Å². The van der Waals surface area contributed by atoms with E-state index in [1.807, 2.05) is 0 Å². The highest BCUT2D eigenvalue weighted by atomic mass is 35.5. The van der Waals surface area contributed by atoms with E-state index in [0.29, 0.717) is 10.7 Å². The molecule has 8 heteroatoms. The highest BCUT2D eigenvalue weighted by Gasteiger charge is 2.27. The van der Waals surface area contributed by atoms with Crippen LogP contribution in [0.25, 0.3) is 0 Å². The predicted octanol–water partition coefficient (Wildman–Crippen LogP) is 5.43. The number of halogens is 4. The maximum atomic E-state index is 12.4. The lowest BCUT2D eigenvalue weighted by Crippen LogP contribution is -2.25. The number of carbonyl (C=O) groups excluding carboxylic acids is 1. The number of hydrogen-bond acceptors (Lipinski definition) is 3. The molecule has 0 fully saturated rings. The first-order chi connectivity index (χ1) is 11.7. The quantitative estimate of drug-likeness (QED) is 0.648. The summed E-state index contributed by atoms with van der Waals surface area (Å²) in [5, 5.41) is 5.12. The average Bonchev–Trinajstić information content (AvgIpc) is 2.55. The van der Waals surface area contributed by atoms with Crippen molar-refractivity contribution in [1.29, 1.82) is 0 Å². The van der Waals surface area contributed by atoms with E-state index >= 15 is 0 Å². The second kappa shape index (κ2) is 8.49. The molecule has 0 saturated heterocycles. The van der Waals surface area contributed by atoms with Gasteiger partial charge >= 0.3 is 6.18 Å². The molecule has 0 aliphatic rings. The Balaban J connectivity index is 2.00. The van der Waals surface area contributed by atoms with Crippen LogP contribution in [0, 0.1) is 0 Å². The average molecular weight is 389 g/mol. The number of thioether (sulfide) groups is 1. The van der Waals surface area contributed by atoms with Gasteiger partial charge in [0.1, 0.15) is 6.54 Å². The summed E-state index contributed by atoms with van der Waals surface area (Å²) in [6.45, 7) is 0.551. The highest BCUT2D eigenvalue weighted by molar-refractivity contribution is 8.00. The number of anilines is 2. The number of hydrogen-bond donors (Lipinski definition) is 2. The largest absolute Gasteiger partial charge is 0.405 e. The van der Waals surface area contributed by atoms with Crippen molar-refractivity contribution >= 4 is 40.6 Å². The third kappa shape index (κ3) is 6.51. The van der Waals surface area contributed by atoms with Crippen LogP contribution in [0.5, 0.6) is 0 Å². The van der Waals surface area contributed by atoms with Crippen molar-refractivity contribution in [2.75, 3.05) is 17.2 Å². The summed E-state index contributed by atoms with van der Waals surface area (Å²) in [7, 11) is 0. The molecule has 1 atom stereocenters. The van der Waals surface area contributed by atoms with Gasteiger partial charge in [0.05, 0.1) is 16.6 Å². The second-order valence-corrected chi connectivity index (χ2v) is 7.07. The van der Waals surface area contributed by atoms with Gasteiger partial charge in [-0.1, -0.05) is 23.7 Å². The van der Waals surface area contributed by atoms with Gasteiger partial charge in [-0.05, 0) is 43.3 Å². The van der Waals surface area contributed by atoms with E-state index in [-0.39, 0.29) is 11.6 Å². The molecule has 3 nitrogen and oxygen atoms in total. The topological polar surface area (TPSA) is 41.1 Å². The first-order valence-corrected chi connectivity index (χ1v) is 8.63. The Morgan fingerprint density at radius 3 is 2.32 bits per heavy atom. The van der Waals surface area contributed by atoms with Crippen LogP contribution in [0.15, 0.2) is 53.4 Å². The van der Waals surface area contributed by atoms with Gasteiger partial charge in [-0.15, -0.1) is 11.8 Å². The van der Waals surface area contributed by atoms with E-state index in [9.17, 15) is 18.0 Å². The molecule has 0 aromatic heterocycles. The molecule has 1 amide bonds. The van der Waals surface area contributed by atoms with Crippen molar-refractivity contribution in [3.05, 3.63) is 53.6 Å². The number of para-hydroxylation sites is 2. The van der Waals surface area contributed by atoms with Crippen LogP contribution in [-0.4, -0.2) is 23.9 Å². The van der Waals surface area contributed by atoms with Crippen molar-refractivity contribution in [1.82, 2.24) is 0 Å². The molecule has 0 radical (unpaired) electrons.